The summed E-state index contributed by atoms with van der Waals surface area (Å²) in [6.07, 6.45) is 1.36. The van der Waals surface area contributed by atoms with Crippen LogP contribution in [0.25, 0.3) is 0 Å². The predicted molar refractivity (Wildman–Crippen MR) is 68.0 cm³/mol. The van der Waals surface area contributed by atoms with Crippen LogP contribution in [0.4, 0.5) is 4.39 Å². The number of hydrogen-bond donors (Lipinski definition) is 1. The van der Waals surface area contributed by atoms with Crippen LogP contribution in [0.1, 0.15) is 24.3 Å². The molecule has 1 unspecified atom stereocenters. The zero-order valence-corrected chi connectivity index (χ0v) is 10.7. The van der Waals surface area contributed by atoms with Gasteiger partial charge in [0.15, 0.2) is 0 Å². The van der Waals surface area contributed by atoms with Crippen molar-refractivity contribution in [3.05, 3.63) is 52.6 Å². The fourth-order valence-electron chi connectivity index (χ4n) is 1.88. The third kappa shape index (κ3) is 2.71. The lowest BCUT2D eigenvalue weighted by Gasteiger charge is -2.12. The van der Waals surface area contributed by atoms with E-state index >= 15 is 0 Å². The molecule has 0 fully saturated rings. The second-order valence-electron chi connectivity index (χ2n) is 4.04. The molecular weight excluding hydrogens is 255 g/mol. The third-order valence-electron chi connectivity index (χ3n) is 2.80. The summed E-state index contributed by atoms with van der Waals surface area (Å²) in [6.45, 7) is 2.65. The first-order chi connectivity index (χ1) is 8.61. The van der Waals surface area contributed by atoms with Gasteiger partial charge < -0.3 is 5.11 Å². The van der Waals surface area contributed by atoms with E-state index < -0.39 is 11.9 Å². The van der Waals surface area contributed by atoms with Gasteiger partial charge in [-0.15, -0.1) is 0 Å². The molecule has 0 radical (unpaired) electrons. The van der Waals surface area contributed by atoms with E-state index in [1.165, 1.54) is 12.1 Å². The number of hydrogen-bond acceptors (Lipinski definition) is 2. The Bertz CT molecular complexity index is 542. The molecule has 5 heteroatoms. The molecule has 18 heavy (non-hydrogen) atoms. The van der Waals surface area contributed by atoms with Crippen molar-refractivity contribution < 1.29 is 9.50 Å². The molecule has 0 aliphatic heterocycles. The number of aryl methyl sites for hydroxylation is 1. The Labute approximate surface area is 110 Å². The predicted octanol–water partition coefficient (Wildman–Crippen LogP) is 2.97. The number of halogens is 2. The quantitative estimate of drug-likeness (QED) is 0.926. The summed E-state index contributed by atoms with van der Waals surface area (Å²) in [4.78, 5) is 0. The lowest BCUT2D eigenvalue weighted by molar-refractivity contribution is 0.167. The van der Waals surface area contributed by atoms with Crippen molar-refractivity contribution in [2.75, 3.05) is 0 Å². The van der Waals surface area contributed by atoms with Gasteiger partial charge in [0.05, 0.1) is 16.8 Å². The summed E-state index contributed by atoms with van der Waals surface area (Å²) in [5.74, 6) is -0.450. The first kappa shape index (κ1) is 13.1. The van der Waals surface area contributed by atoms with E-state index in [1.54, 1.807) is 23.0 Å². The summed E-state index contributed by atoms with van der Waals surface area (Å²) in [7, 11) is 0. The van der Waals surface area contributed by atoms with Crippen molar-refractivity contribution in [1.29, 1.82) is 0 Å². The van der Waals surface area contributed by atoms with Gasteiger partial charge in [-0.2, -0.15) is 5.10 Å². The first-order valence-electron chi connectivity index (χ1n) is 5.75. The zero-order chi connectivity index (χ0) is 13.1. The highest BCUT2D eigenvalue weighted by Gasteiger charge is 2.13. The van der Waals surface area contributed by atoms with Crippen LogP contribution in [-0.4, -0.2) is 14.9 Å². The minimum atomic E-state index is -0.672. The van der Waals surface area contributed by atoms with Crippen LogP contribution < -0.4 is 0 Å². The van der Waals surface area contributed by atoms with Crippen LogP contribution in [-0.2, 0) is 13.0 Å². The van der Waals surface area contributed by atoms with Gasteiger partial charge in [-0.3, -0.25) is 4.68 Å². The van der Waals surface area contributed by atoms with Crippen LogP contribution >= 0.6 is 11.6 Å². The third-order valence-corrected chi connectivity index (χ3v) is 3.09. The van der Waals surface area contributed by atoms with Crippen molar-refractivity contribution in [3.8, 4) is 0 Å². The van der Waals surface area contributed by atoms with Gasteiger partial charge in [-0.05, 0) is 30.7 Å². The minimum Gasteiger partial charge on any atom is -0.386 e. The number of benzene rings is 1. The fraction of sp³-hybridized carbons (Fsp3) is 0.308. The van der Waals surface area contributed by atoms with Gasteiger partial charge in [0.2, 0.25) is 0 Å². The molecular formula is C13H14ClFN2O. The van der Waals surface area contributed by atoms with Crippen molar-refractivity contribution >= 4 is 11.6 Å². The molecule has 0 bridgehead atoms. The number of aliphatic hydroxyl groups is 1. The first-order valence-corrected chi connectivity index (χ1v) is 6.13. The van der Waals surface area contributed by atoms with E-state index in [0.29, 0.717) is 13.0 Å². The summed E-state index contributed by atoms with van der Waals surface area (Å²) in [6, 6.07) is 6.24. The van der Waals surface area contributed by atoms with E-state index in [1.807, 2.05) is 6.92 Å². The monoisotopic (exact) mass is 268 g/mol. The number of rotatable bonds is 4. The molecule has 1 atom stereocenters. The van der Waals surface area contributed by atoms with Crippen molar-refractivity contribution in [2.24, 2.45) is 0 Å². The summed E-state index contributed by atoms with van der Waals surface area (Å²) < 4.78 is 14.8. The lowest BCUT2D eigenvalue weighted by Crippen LogP contribution is -2.10. The molecule has 1 aromatic carbocycles. The molecule has 2 rings (SSSR count). The molecule has 0 saturated carbocycles. The molecule has 0 saturated heterocycles. The fourth-order valence-corrected chi connectivity index (χ4v) is 2.09. The van der Waals surface area contributed by atoms with Crippen LogP contribution in [0.5, 0.6) is 0 Å². The summed E-state index contributed by atoms with van der Waals surface area (Å²) in [5.41, 5.74) is 1.54. The Morgan fingerprint density at radius 2 is 2.22 bits per heavy atom. The number of nitrogens with zero attached hydrogens (tertiary/aromatic N) is 2. The SMILES string of the molecule is CCn1nccc1C(O)Cc1ccc(F)c(Cl)c1. The lowest BCUT2D eigenvalue weighted by atomic mass is 10.1. The normalized spacial score (nSPS) is 12.7. The Morgan fingerprint density at radius 1 is 1.44 bits per heavy atom. The smallest absolute Gasteiger partial charge is 0.141 e. The Balaban J connectivity index is 2.16. The van der Waals surface area contributed by atoms with E-state index in [-0.39, 0.29) is 5.02 Å². The van der Waals surface area contributed by atoms with Crippen LogP contribution in [0.2, 0.25) is 5.02 Å². The van der Waals surface area contributed by atoms with Gasteiger partial charge in [0, 0.05) is 19.2 Å². The molecule has 0 spiro atoms. The highest BCUT2D eigenvalue weighted by atomic mass is 35.5. The van der Waals surface area contributed by atoms with Crippen molar-refractivity contribution in [2.45, 2.75) is 26.0 Å². The largest absolute Gasteiger partial charge is 0.386 e. The molecule has 3 nitrogen and oxygen atoms in total. The van der Waals surface area contributed by atoms with Crippen LogP contribution in [0, 0.1) is 5.82 Å². The van der Waals surface area contributed by atoms with Gasteiger partial charge in [-0.1, -0.05) is 17.7 Å². The average Bonchev–Trinajstić information content (AvgIpc) is 2.82. The Hall–Kier alpha value is -1.39. The average molecular weight is 269 g/mol. The van der Waals surface area contributed by atoms with Crippen molar-refractivity contribution in [3.63, 3.8) is 0 Å². The highest BCUT2D eigenvalue weighted by Crippen LogP contribution is 2.22. The topological polar surface area (TPSA) is 38.0 Å². The number of aliphatic hydroxyl groups excluding tert-OH is 1. The standard InChI is InChI=1S/C13H14ClFN2O/c1-2-17-12(5-6-16-17)13(18)8-9-3-4-11(15)10(14)7-9/h3-7,13,18H,2,8H2,1H3. The maximum absolute atomic E-state index is 13.0. The highest BCUT2D eigenvalue weighted by molar-refractivity contribution is 6.30. The summed E-state index contributed by atoms with van der Waals surface area (Å²) in [5, 5.41) is 14.3. The number of aromatic nitrogens is 2. The molecule has 0 amide bonds. The van der Waals surface area contributed by atoms with Gasteiger partial charge >= 0.3 is 0 Å². The van der Waals surface area contributed by atoms with Gasteiger partial charge in [-0.25, -0.2) is 4.39 Å². The molecule has 1 heterocycles. The molecule has 96 valence electrons. The molecule has 2 aromatic rings. The second-order valence-corrected chi connectivity index (χ2v) is 4.45. The summed E-state index contributed by atoms with van der Waals surface area (Å²) >= 11 is 5.71. The van der Waals surface area contributed by atoms with E-state index in [0.717, 1.165) is 11.3 Å². The van der Waals surface area contributed by atoms with Crippen LogP contribution in [0.15, 0.2) is 30.5 Å². The Kier molecular flexibility index (Phi) is 3.99. The molecule has 1 aromatic heterocycles. The van der Waals surface area contributed by atoms with Crippen LogP contribution in [0.3, 0.4) is 0 Å². The molecule has 0 aliphatic carbocycles. The van der Waals surface area contributed by atoms with E-state index in [2.05, 4.69) is 5.10 Å². The Morgan fingerprint density at radius 3 is 2.89 bits per heavy atom. The molecule has 0 aliphatic rings. The van der Waals surface area contributed by atoms with Gasteiger partial charge in [0.25, 0.3) is 0 Å². The van der Waals surface area contributed by atoms with Crippen molar-refractivity contribution in [1.82, 2.24) is 9.78 Å². The second kappa shape index (κ2) is 5.50. The maximum atomic E-state index is 13.0. The van der Waals surface area contributed by atoms with E-state index in [9.17, 15) is 9.50 Å². The molecule has 1 N–H and O–H groups in total. The van der Waals surface area contributed by atoms with E-state index in [4.69, 9.17) is 11.6 Å². The van der Waals surface area contributed by atoms with Gasteiger partial charge in [0.1, 0.15) is 5.82 Å². The minimum absolute atomic E-state index is 0.0729. The maximum Gasteiger partial charge on any atom is 0.141 e. The zero-order valence-electron chi connectivity index (χ0n) is 9.98.